The number of nitrogens with zero attached hydrogens (tertiary/aromatic N) is 2. The zero-order chi connectivity index (χ0) is 14.5. The van der Waals surface area contributed by atoms with Gasteiger partial charge >= 0.3 is 0 Å². The standard InChI is InChI=1S/C16H21N3O/c1-5-17-15-10-13(18-16(19-15)11(2)3)12-8-6-7-9-14(12)20-4/h6-11H,5H2,1-4H3,(H,17,18,19). The van der Waals surface area contributed by atoms with E-state index in [1.54, 1.807) is 7.11 Å². The average molecular weight is 271 g/mol. The monoisotopic (exact) mass is 271 g/mol. The molecule has 0 aliphatic heterocycles. The molecule has 0 fully saturated rings. The number of nitrogens with one attached hydrogen (secondary N) is 1. The van der Waals surface area contributed by atoms with Gasteiger partial charge in [-0.2, -0.15) is 0 Å². The summed E-state index contributed by atoms with van der Waals surface area (Å²) in [5.74, 6) is 2.79. The van der Waals surface area contributed by atoms with Crippen LogP contribution in [0.2, 0.25) is 0 Å². The van der Waals surface area contributed by atoms with Gasteiger partial charge in [-0.25, -0.2) is 9.97 Å². The first-order valence-electron chi connectivity index (χ1n) is 6.92. The van der Waals surface area contributed by atoms with Crippen LogP contribution in [0.5, 0.6) is 5.75 Å². The third-order valence-electron chi connectivity index (χ3n) is 3.00. The Morgan fingerprint density at radius 3 is 2.60 bits per heavy atom. The summed E-state index contributed by atoms with van der Waals surface area (Å²) in [6, 6.07) is 9.87. The molecule has 1 heterocycles. The summed E-state index contributed by atoms with van der Waals surface area (Å²) in [7, 11) is 1.68. The number of rotatable bonds is 5. The molecule has 4 heteroatoms. The van der Waals surface area contributed by atoms with Crippen LogP contribution in [0.3, 0.4) is 0 Å². The summed E-state index contributed by atoms with van der Waals surface area (Å²) in [6.07, 6.45) is 0. The van der Waals surface area contributed by atoms with Crippen LogP contribution in [-0.2, 0) is 0 Å². The van der Waals surface area contributed by atoms with Crippen molar-refractivity contribution in [3.8, 4) is 17.0 Å². The van der Waals surface area contributed by atoms with E-state index in [1.807, 2.05) is 30.3 Å². The lowest BCUT2D eigenvalue weighted by Gasteiger charge is -2.13. The summed E-state index contributed by atoms with van der Waals surface area (Å²) < 4.78 is 5.42. The van der Waals surface area contributed by atoms with Crippen LogP contribution < -0.4 is 10.1 Å². The first kappa shape index (κ1) is 14.3. The van der Waals surface area contributed by atoms with Gasteiger partial charge in [0.05, 0.1) is 12.8 Å². The zero-order valence-corrected chi connectivity index (χ0v) is 12.5. The average Bonchev–Trinajstić information content (AvgIpc) is 2.47. The van der Waals surface area contributed by atoms with Crippen molar-refractivity contribution in [2.24, 2.45) is 0 Å². The molecule has 1 aromatic heterocycles. The van der Waals surface area contributed by atoms with Crippen LogP contribution in [-0.4, -0.2) is 23.6 Å². The molecule has 1 aromatic carbocycles. The maximum absolute atomic E-state index is 5.42. The first-order chi connectivity index (χ1) is 9.65. The molecular formula is C16H21N3O. The van der Waals surface area contributed by atoms with Crippen LogP contribution >= 0.6 is 0 Å². The predicted molar refractivity (Wildman–Crippen MR) is 82.3 cm³/mol. The third kappa shape index (κ3) is 3.07. The molecule has 4 nitrogen and oxygen atoms in total. The fourth-order valence-corrected chi connectivity index (χ4v) is 1.99. The molecule has 0 radical (unpaired) electrons. The normalized spacial score (nSPS) is 10.7. The summed E-state index contributed by atoms with van der Waals surface area (Å²) >= 11 is 0. The van der Waals surface area contributed by atoms with E-state index >= 15 is 0 Å². The van der Waals surface area contributed by atoms with Gasteiger partial charge in [0.1, 0.15) is 17.4 Å². The van der Waals surface area contributed by atoms with Gasteiger partial charge in [0, 0.05) is 24.1 Å². The Morgan fingerprint density at radius 1 is 1.20 bits per heavy atom. The molecule has 0 saturated heterocycles. The molecule has 0 unspecified atom stereocenters. The number of para-hydroxylation sites is 1. The lowest BCUT2D eigenvalue weighted by Crippen LogP contribution is -2.06. The van der Waals surface area contributed by atoms with Crippen LogP contribution in [0.1, 0.15) is 32.5 Å². The smallest absolute Gasteiger partial charge is 0.133 e. The van der Waals surface area contributed by atoms with Crippen molar-refractivity contribution in [2.75, 3.05) is 19.0 Å². The molecule has 106 valence electrons. The van der Waals surface area contributed by atoms with Crippen molar-refractivity contribution in [1.29, 1.82) is 0 Å². The van der Waals surface area contributed by atoms with E-state index in [1.165, 1.54) is 0 Å². The lowest BCUT2D eigenvalue weighted by atomic mass is 10.1. The number of hydrogen-bond acceptors (Lipinski definition) is 4. The van der Waals surface area contributed by atoms with Crippen LogP contribution in [0.4, 0.5) is 5.82 Å². The quantitative estimate of drug-likeness (QED) is 0.900. The molecule has 0 amide bonds. The van der Waals surface area contributed by atoms with Crippen LogP contribution in [0.15, 0.2) is 30.3 Å². The minimum Gasteiger partial charge on any atom is -0.496 e. The van der Waals surface area contributed by atoms with Crippen molar-refractivity contribution in [1.82, 2.24) is 9.97 Å². The van der Waals surface area contributed by atoms with Crippen molar-refractivity contribution >= 4 is 5.82 Å². The molecule has 2 rings (SSSR count). The number of ether oxygens (including phenoxy) is 1. The van der Waals surface area contributed by atoms with Crippen molar-refractivity contribution in [2.45, 2.75) is 26.7 Å². The molecule has 2 aromatic rings. The summed E-state index contributed by atoms with van der Waals surface area (Å²) in [5, 5.41) is 3.26. The van der Waals surface area contributed by atoms with Crippen molar-refractivity contribution in [3.05, 3.63) is 36.2 Å². The summed E-state index contributed by atoms with van der Waals surface area (Å²) in [6.45, 7) is 7.08. The van der Waals surface area contributed by atoms with Gasteiger partial charge in [0.25, 0.3) is 0 Å². The molecule has 0 spiro atoms. The molecule has 0 bridgehead atoms. The Morgan fingerprint density at radius 2 is 1.95 bits per heavy atom. The van der Waals surface area contributed by atoms with E-state index in [4.69, 9.17) is 4.74 Å². The Balaban J connectivity index is 2.54. The highest BCUT2D eigenvalue weighted by molar-refractivity contribution is 5.69. The summed E-state index contributed by atoms with van der Waals surface area (Å²) in [5.41, 5.74) is 1.87. The van der Waals surface area contributed by atoms with E-state index in [9.17, 15) is 0 Å². The molecular weight excluding hydrogens is 250 g/mol. The van der Waals surface area contributed by atoms with Gasteiger partial charge < -0.3 is 10.1 Å². The second kappa shape index (κ2) is 6.37. The van der Waals surface area contributed by atoms with E-state index in [0.29, 0.717) is 0 Å². The highest BCUT2D eigenvalue weighted by Crippen LogP contribution is 2.30. The number of benzene rings is 1. The van der Waals surface area contributed by atoms with E-state index < -0.39 is 0 Å². The second-order valence-electron chi connectivity index (χ2n) is 4.88. The Labute approximate surface area is 120 Å². The lowest BCUT2D eigenvalue weighted by molar-refractivity contribution is 0.416. The number of methoxy groups -OCH3 is 1. The number of aromatic nitrogens is 2. The van der Waals surface area contributed by atoms with Gasteiger partial charge in [-0.15, -0.1) is 0 Å². The van der Waals surface area contributed by atoms with Crippen molar-refractivity contribution < 1.29 is 4.74 Å². The largest absolute Gasteiger partial charge is 0.496 e. The maximum atomic E-state index is 5.42. The Hall–Kier alpha value is -2.10. The molecule has 0 atom stereocenters. The second-order valence-corrected chi connectivity index (χ2v) is 4.88. The topological polar surface area (TPSA) is 47.0 Å². The summed E-state index contributed by atoms with van der Waals surface area (Å²) in [4.78, 5) is 9.20. The number of hydrogen-bond donors (Lipinski definition) is 1. The van der Waals surface area contributed by atoms with Gasteiger partial charge in [0.2, 0.25) is 0 Å². The minimum absolute atomic E-state index is 0.280. The van der Waals surface area contributed by atoms with Gasteiger partial charge in [0.15, 0.2) is 0 Å². The van der Waals surface area contributed by atoms with Crippen LogP contribution in [0.25, 0.3) is 11.3 Å². The van der Waals surface area contributed by atoms with E-state index in [0.717, 1.165) is 35.2 Å². The van der Waals surface area contributed by atoms with Gasteiger partial charge in [-0.1, -0.05) is 26.0 Å². The highest BCUT2D eigenvalue weighted by atomic mass is 16.5. The van der Waals surface area contributed by atoms with Crippen molar-refractivity contribution in [3.63, 3.8) is 0 Å². The minimum atomic E-state index is 0.280. The fraction of sp³-hybridized carbons (Fsp3) is 0.375. The number of anilines is 1. The van der Waals surface area contributed by atoms with Crippen LogP contribution in [0, 0.1) is 0 Å². The SMILES string of the molecule is CCNc1cc(-c2ccccc2OC)nc(C(C)C)n1. The zero-order valence-electron chi connectivity index (χ0n) is 12.5. The molecule has 20 heavy (non-hydrogen) atoms. The van der Waals surface area contributed by atoms with Gasteiger partial charge in [-0.3, -0.25) is 0 Å². The molecule has 0 aliphatic carbocycles. The molecule has 0 aliphatic rings. The van der Waals surface area contributed by atoms with Gasteiger partial charge in [-0.05, 0) is 19.1 Å². The Bertz CT molecular complexity index is 582. The Kier molecular flexibility index (Phi) is 4.56. The first-order valence-corrected chi connectivity index (χ1v) is 6.92. The van der Waals surface area contributed by atoms with E-state index in [2.05, 4.69) is 36.1 Å². The molecule has 1 N–H and O–H groups in total. The fourth-order valence-electron chi connectivity index (χ4n) is 1.99. The maximum Gasteiger partial charge on any atom is 0.133 e. The van der Waals surface area contributed by atoms with E-state index in [-0.39, 0.29) is 5.92 Å². The molecule has 0 saturated carbocycles. The third-order valence-corrected chi connectivity index (χ3v) is 3.00. The predicted octanol–water partition coefficient (Wildman–Crippen LogP) is 3.71. The highest BCUT2D eigenvalue weighted by Gasteiger charge is 2.12.